The summed E-state index contributed by atoms with van der Waals surface area (Å²) in [4.78, 5) is 18.6. The summed E-state index contributed by atoms with van der Waals surface area (Å²) in [6.07, 6.45) is 8.02. The maximum absolute atomic E-state index is 12.6. The zero-order valence-electron chi connectivity index (χ0n) is 11.3. The first-order chi connectivity index (χ1) is 9.65. The molecule has 5 heteroatoms. The Labute approximate surface area is 132 Å². The van der Waals surface area contributed by atoms with Crippen LogP contribution in [0.4, 0.5) is 0 Å². The van der Waals surface area contributed by atoms with Crippen LogP contribution in [0.3, 0.4) is 0 Å². The lowest BCUT2D eigenvalue weighted by Gasteiger charge is -2.41. The van der Waals surface area contributed by atoms with Crippen molar-refractivity contribution in [3.63, 3.8) is 0 Å². The van der Waals surface area contributed by atoms with Crippen molar-refractivity contribution in [3.05, 3.63) is 27.5 Å². The van der Waals surface area contributed by atoms with Crippen molar-refractivity contribution >= 4 is 33.4 Å². The van der Waals surface area contributed by atoms with Crippen LogP contribution >= 0.6 is 27.5 Å². The molecule has 3 rings (SSSR count). The van der Waals surface area contributed by atoms with Crippen LogP contribution < -0.4 is 0 Å². The standard InChI is InChI=1S/C15H18BrClN2O/c16-12-7-13(14(17)18-8-12)15(20)19-6-5-10-3-1-2-4-11(10)9-19/h7-8,10-11H,1-6,9H2. The molecule has 2 unspecified atom stereocenters. The van der Waals surface area contributed by atoms with Crippen LogP contribution in [0, 0.1) is 11.8 Å². The molecule has 1 saturated carbocycles. The van der Waals surface area contributed by atoms with Crippen LogP contribution in [0.15, 0.2) is 16.7 Å². The monoisotopic (exact) mass is 356 g/mol. The summed E-state index contributed by atoms with van der Waals surface area (Å²) < 4.78 is 0.790. The number of likely N-dealkylation sites (tertiary alicyclic amines) is 1. The fraction of sp³-hybridized carbons (Fsp3) is 0.600. The van der Waals surface area contributed by atoms with Gasteiger partial charge >= 0.3 is 0 Å². The van der Waals surface area contributed by atoms with Crippen LogP contribution in [0.2, 0.25) is 5.15 Å². The Kier molecular flexibility index (Phi) is 4.32. The van der Waals surface area contributed by atoms with Crippen molar-refractivity contribution in [2.45, 2.75) is 32.1 Å². The van der Waals surface area contributed by atoms with Crippen molar-refractivity contribution in [1.29, 1.82) is 0 Å². The second-order valence-corrected chi connectivity index (χ2v) is 7.11. The molecule has 2 atom stereocenters. The quantitative estimate of drug-likeness (QED) is 0.707. The molecule has 108 valence electrons. The molecular formula is C15H18BrClN2O. The van der Waals surface area contributed by atoms with Crippen LogP contribution in [0.25, 0.3) is 0 Å². The predicted octanol–water partition coefficient (Wildman–Crippen LogP) is 4.15. The Bertz CT molecular complexity index is 523. The Morgan fingerprint density at radius 1 is 1.30 bits per heavy atom. The molecule has 3 nitrogen and oxygen atoms in total. The first kappa shape index (κ1) is 14.3. The maximum Gasteiger partial charge on any atom is 0.257 e. The highest BCUT2D eigenvalue weighted by Gasteiger charge is 2.33. The number of aromatic nitrogens is 1. The van der Waals surface area contributed by atoms with E-state index < -0.39 is 0 Å². The van der Waals surface area contributed by atoms with Crippen molar-refractivity contribution in [3.8, 4) is 0 Å². The van der Waals surface area contributed by atoms with Crippen molar-refractivity contribution < 1.29 is 4.79 Å². The molecule has 0 radical (unpaired) electrons. The number of carbonyl (C=O) groups is 1. The second-order valence-electron chi connectivity index (χ2n) is 5.84. The fourth-order valence-electron chi connectivity index (χ4n) is 3.53. The average Bonchev–Trinajstić information content (AvgIpc) is 2.48. The number of halogens is 2. The molecule has 2 heterocycles. The largest absolute Gasteiger partial charge is 0.338 e. The van der Waals surface area contributed by atoms with Gasteiger partial charge in [0.2, 0.25) is 0 Å². The third kappa shape index (κ3) is 2.86. The minimum absolute atomic E-state index is 0.0211. The lowest BCUT2D eigenvalue weighted by atomic mass is 9.75. The Morgan fingerprint density at radius 3 is 2.85 bits per heavy atom. The molecule has 20 heavy (non-hydrogen) atoms. The van der Waals surface area contributed by atoms with Crippen LogP contribution in [-0.2, 0) is 0 Å². The first-order valence-electron chi connectivity index (χ1n) is 7.25. The van der Waals surface area contributed by atoms with Gasteiger partial charge in [0, 0.05) is 23.8 Å². The average molecular weight is 358 g/mol. The van der Waals surface area contributed by atoms with Gasteiger partial charge in [-0.25, -0.2) is 4.98 Å². The highest BCUT2D eigenvalue weighted by atomic mass is 79.9. The summed E-state index contributed by atoms with van der Waals surface area (Å²) in [5.41, 5.74) is 0.510. The topological polar surface area (TPSA) is 33.2 Å². The lowest BCUT2D eigenvalue weighted by Crippen LogP contribution is -2.44. The minimum Gasteiger partial charge on any atom is -0.338 e. The molecule has 1 aliphatic carbocycles. The number of nitrogens with zero attached hydrogens (tertiary/aromatic N) is 2. The molecule has 1 amide bonds. The molecule has 1 saturated heterocycles. The van der Waals surface area contributed by atoms with Gasteiger partial charge in [0.25, 0.3) is 5.91 Å². The number of rotatable bonds is 1. The normalized spacial score (nSPS) is 26.2. The van der Waals surface area contributed by atoms with Gasteiger partial charge in [0.1, 0.15) is 5.15 Å². The molecule has 1 aliphatic heterocycles. The number of pyridine rings is 1. The van der Waals surface area contributed by atoms with E-state index in [0.29, 0.717) is 16.6 Å². The highest BCUT2D eigenvalue weighted by molar-refractivity contribution is 9.10. The lowest BCUT2D eigenvalue weighted by molar-refractivity contribution is 0.0520. The van der Waals surface area contributed by atoms with Crippen molar-refractivity contribution in [2.75, 3.05) is 13.1 Å². The van der Waals surface area contributed by atoms with Gasteiger partial charge in [-0.2, -0.15) is 0 Å². The van der Waals surface area contributed by atoms with Gasteiger partial charge in [-0.3, -0.25) is 4.79 Å². The maximum atomic E-state index is 12.6. The van der Waals surface area contributed by atoms with Gasteiger partial charge < -0.3 is 4.90 Å². The van der Waals surface area contributed by atoms with E-state index in [-0.39, 0.29) is 5.91 Å². The Balaban J connectivity index is 1.76. The van der Waals surface area contributed by atoms with Gasteiger partial charge in [-0.1, -0.05) is 30.9 Å². The van der Waals surface area contributed by atoms with E-state index in [9.17, 15) is 4.79 Å². The molecular weight excluding hydrogens is 340 g/mol. The summed E-state index contributed by atoms with van der Waals surface area (Å²) in [7, 11) is 0. The third-order valence-corrected chi connectivity index (χ3v) is 5.35. The molecule has 2 aliphatic rings. The van der Waals surface area contributed by atoms with E-state index in [2.05, 4.69) is 20.9 Å². The number of amides is 1. The van der Waals surface area contributed by atoms with E-state index in [4.69, 9.17) is 11.6 Å². The smallest absolute Gasteiger partial charge is 0.257 e. The fourth-order valence-corrected chi connectivity index (χ4v) is 4.04. The van der Waals surface area contributed by atoms with E-state index >= 15 is 0 Å². The predicted molar refractivity (Wildman–Crippen MR) is 82.9 cm³/mol. The SMILES string of the molecule is O=C(c1cc(Br)cnc1Cl)N1CCC2CCCCC2C1. The summed E-state index contributed by atoms with van der Waals surface area (Å²) in [6.45, 7) is 1.73. The van der Waals surface area contributed by atoms with E-state index in [1.54, 1.807) is 12.3 Å². The number of hydrogen-bond donors (Lipinski definition) is 0. The summed E-state index contributed by atoms with van der Waals surface area (Å²) in [5, 5.41) is 0.295. The van der Waals surface area contributed by atoms with Crippen molar-refractivity contribution in [2.24, 2.45) is 11.8 Å². The van der Waals surface area contributed by atoms with E-state index in [1.807, 2.05) is 4.90 Å². The number of hydrogen-bond acceptors (Lipinski definition) is 2. The van der Waals surface area contributed by atoms with Crippen LogP contribution in [0.1, 0.15) is 42.5 Å². The molecule has 0 aromatic carbocycles. The third-order valence-electron chi connectivity index (χ3n) is 4.61. The molecule has 0 spiro atoms. The Morgan fingerprint density at radius 2 is 2.05 bits per heavy atom. The molecule has 0 N–H and O–H groups in total. The van der Waals surface area contributed by atoms with E-state index in [0.717, 1.165) is 29.9 Å². The van der Waals surface area contributed by atoms with Gasteiger partial charge in [-0.15, -0.1) is 0 Å². The summed E-state index contributed by atoms with van der Waals surface area (Å²) >= 11 is 9.42. The van der Waals surface area contributed by atoms with E-state index in [1.165, 1.54) is 25.7 Å². The molecule has 2 fully saturated rings. The van der Waals surface area contributed by atoms with Gasteiger partial charge in [0.05, 0.1) is 5.56 Å². The molecule has 1 aromatic heterocycles. The van der Waals surface area contributed by atoms with Crippen molar-refractivity contribution in [1.82, 2.24) is 9.88 Å². The first-order valence-corrected chi connectivity index (χ1v) is 8.42. The second kappa shape index (κ2) is 6.02. The van der Waals surface area contributed by atoms with Crippen LogP contribution in [-0.4, -0.2) is 28.9 Å². The highest BCUT2D eigenvalue weighted by Crippen LogP contribution is 2.36. The number of piperidine rings is 1. The van der Waals surface area contributed by atoms with Gasteiger partial charge in [0.15, 0.2) is 0 Å². The van der Waals surface area contributed by atoms with Crippen LogP contribution in [0.5, 0.6) is 0 Å². The number of carbonyl (C=O) groups excluding carboxylic acids is 1. The zero-order valence-corrected chi connectivity index (χ0v) is 13.7. The molecule has 1 aromatic rings. The van der Waals surface area contributed by atoms with Gasteiger partial charge in [-0.05, 0) is 46.7 Å². The summed E-state index contributed by atoms with van der Waals surface area (Å²) in [5.74, 6) is 1.53. The number of fused-ring (bicyclic) bond motifs is 1. The summed E-state index contributed by atoms with van der Waals surface area (Å²) in [6, 6.07) is 1.77. The zero-order chi connectivity index (χ0) is 14.1. The molecule has 0 bridgehead atoms. The minimum atomic E-state index is 0.0211. The Hall–Kier alpha value is -0.610.